The van der Waals surface area contributed by atoms with E-state index in [1.165, 1.54) is 0 Å². The predicted molar refractivity (Wildman–Crippen MR) is 87.3 cm³/mol. The Morgan fingerprint density at radius 3 is 0.385 bits per heavy atom. The Balaban J connectivity index is 3.32. The van der Waals surface area contributed by atoms with E-state index >= 15 is 0 Å². The Bertz CT molecular complexity index is 1010. The van der Waals surface area contributed by atoms with E-state index in [-0.39, 0.29) is 0 Å². The molecule has 63 nitrogen and oxygen atoms in total. The zero-order valence-corrected chi connectivity index (χ0v) is 28.5. The largest absolute Gasteiger partial charge is 0.380 e. The second-order valence-corrected chi connectivity index (χ2v) is 5.99. The summed E-state index contributed by atoms with van der Waals surface area (Å²) in [6, 6.07) is 0. The maximum atomic E-state index is 11.3. The minimum atomic E-state index is -5.13. The van der Waals surface area contributed by atoms with Gasteiger partial charge in [0.05, 0.1) is 0 Å². The van der Waals surface area contributed by atoms with Crippen molar-refractivity contribution in [3.05, 3.63) is 0 Å². The average molecular weight is 1080 g/mol. The van der Waals surface area contributed by atoms with Crippen molar-refractivity contribution >= 4 is 16.4 Å². The van der Waals surface area contributed by atoms with E-state index in [0.29, 0.717) is 0 Å². The van der Waals surface area contributed by atoms with Crippen LogP contribution in [0.25, 0.3) is 0 Å². The second kappa shape index (κ2) is 58.1. The fraction of sp³-hybridized carbons (Fsp3) is 0. The highest BCUT2D eigenvalue weighted by Gasteiger charge is 2.09. The van der Waals surface area contributed by atoms with Crippen molar-refractivity contribution in [3.8, 4) is 0 Å². The highest BCUT2D eigenvalue weighted by molar-refractivity contribution is 7.33. The fourth-order valence-corrected chi connectivity index (χ4v) is 1.08. The monoisotopic (exact) mass is 1080 g/mol. The van der Waals surface area contributed by atoms with E-state index in [4.69, 9.17) is 13.1 Å². The molecule has 0 aromatic carbocycles. The second-order valence-electron chi connectivity index (χ2n) is 4.50. The lowest BCUT2D eigenvalue weighted by molar-refractivity contribution is -0.905. The van der Waals surface area contributed by atoms with Crippen molar-refractivity contribution < 1.29 is 315 Å². The van der Waals surface area contributed by atoms with Crippen LogP contribution in [0.4, 0.5) is 0 Å². The Kier molecular flexibility index (Phi) is 52.9. The summed E-state index contributed by atoms with van der Waals surface area (Å²) in [5.74, 6) is 0. The van der Waals surface area contributed by atoms with Crippen LogP contribution in [0.15, 0.2) is 0 Å². The molecule has 0 aliphatic heterocycles. The molecule has 0 amide bonds. The van der Waals surface area contributed by atoms with Gasteiger partial charge in [0.15, 0.2) is 2.56 Å². The van der Waals surface area contributed by atoms with Gasteiger partial charge in [-0.15, -0.1) is 18.7 Å². The van der Waals surface area contributed by atoms with Crippen molar-refractivity contribution in [1.82, 2.24) is 0 Å². The van der Waals surface area contributed by atoms with Crippen LogP contribution in [-0.4, -0.2) is 13.1 Å². The van der Waals surface area contributed by atoms with Gasteiger partial charge in [0.25, 0.3) is 0 Å². The van der Waals surface area contributed by atoms with Gasteiger partial charge in [-0.25, -0.2) is 10.5 Å². The van der Waals surface area contributed by atoms with Crippen LogP contribution >= 0.6 is 16.4 Å². The molecule has 0 aromatic heterocycles. The van der Waals surface area contributed by atoms with Crippen LogP contribution in [0.1, 0.15) is 0 Å². The summed E-state index contributed by atoms with van der Waals surface area (Å²) in [5, 5.41) is 203. The quantitative estimate of drug-likeness (QED) is 0.0264. The minimum absolute atomic E-state index is 2.86. The molecule has 65 heteroatoms. The molecule has 0 bridgehead atoms. The summed E-state index contributed by atoms with van der Waals surface area (Å²) in [4.78, 5) is 0. The van der Waals surface area contributed by atoms with E-state index in [2.05, 4.69) is 296 Å². The van der Waals surface area contributed by atoms with Gasteiger partial charge in [-0.1, -0.05) is 0 Å². The molecule has 0 rings (SSSR count). The zero-order valence-electron chi connectivity index (χ0n) is 28.7. The molecular weight excluding hydrogens is 1070 g/mol. The summed E-state index contributed by atoms with van der Waals surface area (Å²) in [7, 11) is -10.2. The summed E-state index contributed by atoms with van der Waals surface area (Å²) in [6.45, 7) is 0. The van der Waals surface area contributed by atoms with Crippen molar-refractivity contribution in [1.29, 1.82) is 2.56 Å². The molecule has 0 radical (unpaired) electrons. The molecule has 392 valence electrons. The van der Waals surface area contributed by atoms with Crippen LogP contribution in [0, 0.1) is 0 Å². The van der Waals surface area contributed by atoms with Crippen molar-refractivity contribution in [2.75, 3.05) is 0 Å². The van der Waals surface area contributed by atoms with E-state index in [1.807, 2.05) is 0 Å². The van der Waals surface area contributed by atoms with Crippen LogP contribution in [0.2, 0.25) is 0 Å². The summed E-state index contributed by atoms with van der Waals surface area (Å²) < 4.78 is 50.8. The predicted octanol–water partition coefficient (Wildman–Crippen LogP) is -3.07. The molecular formula is H4O63P2. The van der Waals surface area contributed by atoms with E-state index in [0.717, 1.165) is 0 Å². The molecule has 0 spiro atoms. The van der Waals surface area contributed by atoms with E-state index in [9.17, 15) is 9.13 Å². The SMILES string of the molecule is [3H]P(=O)(OOOOOOOOOOOOOOO)OOOOOOOOOOOOOOOP([3H])(=O)OOOOOOOOOOOOOOOOOOOOOOOOOOOOOOO. The first-order valence-corrected chi connectivity index (χ1v) is 13.0. The fourth-order valence-electron chi connectivity index (χ4n) is 0.732. The summed E-state index contributed by atoms with van der Waals surface area (Å²) in [5.41, 5.74) is 0. The molecule has 65 heavy (non-hydrogen) atoms. The van der Waals surface area contributed by atoms with Gasteiger partial charge in [0.2, 0.25) is 0 Å². The normalized spacial score (nSPS) is 14.1. The van der Waals surface area contributed by atoms with Crippen LogP contribution in [-0.2, 0) is 305 Å². The van der Waals surface area contributed by atoms with E-state index in [1.54, 1.807) is 0 Å². The van der Waals surface area contributed by atoms with Gasteiger partial charge in [-0.3, -0.25) is 9.13 Å². The van der Waals surface area contributed by atoms with E-state index < -0.39 is 16.4 Å². The number of hydrogen-bond acceptors (Lipinski definition) is 63. The molecule has 0 aliphatic rings. The van der Waals surface area contributed by atoms with Crippen molar-refractivity contribution in [2.45, 2.75) is 0 Å². The molecule has 0 fully saturated rings. The van der Waals surface area contributed by atoms with Crippen molar-refractivity contribution in [2.24, 2.45) is 0 Å². The zero-order chi connectivity index (χ0) is 48.7. The molecule has 0 aliphatic carbocycles. The molecule has 0 heterocycles. The van der Waals surface area contributed by atoms with Gasteiger partial charge in [-0.2, -0.15) is 0 Å². The maximum Gasteiger partial charge on any atom is 0.380 e. The number of hydrogen-bond donors (Lipinski definition) is 2. The van der Waals surface area contributed by atoms with Gasteiger partial charge < -0.3 is 0 Å². The van der Waals surface area contributed by atoms with Gasteiger partial charge >= 0.3 is 16.4 Å². The van der Waals surface area contributed by atoms with Gasteiger partial charge in [-0.05, 0) is 212 Å². The molecule has 0 saturated heterocycles. The number of rotatable bonds is 60. The molecule has 0 aromatic rings. The third-order valence-corrected chi connectivity index (χ3v) is 2.55. The first-order chi connectivity index (χ1) is 32.8. The van der Waals surface area contributed by atoms with Gasteiger partial charge in [0.1, 0.15) is 0 Å². The topological polar surface area (TPSA) is 619 Å². The summed E-state index contributed by atoms with van der Waals surface area (Å²) in [6.07, 6.45) is 0. The lowest BCUT2D eigenvalue weighted by Gasteiger charge is -2.01. The van der Waals surface area contributed by atoms with Crippen LogP contribution < -0.4 is 0 Å². The lowest BCUT2D eigenvalue weighted by atomic mass is 14.0. The molecule has 2 N–H and O–H groups in total. The molecule has 2 unspecified atom stereocenters. The first kappa shape index (κ1) is 59.1. The third-order valence-electron chi connectivity index (χ3n) is 1.81. The highest BCUT2D eigenvalue weighted by atomic mass is 31.1. The molecule has 2 atom stereocenters. The standard InChI is InChI=1S/H4O63P2/c1-5-7-9-11-13-15-17-19-20-21-22-23-24-25-26-27-28-29-30-31-32-33-34-37-41-45-49-53-57-61-65(4)63-59-55-51-47-43-39-35-38-42-46-50-54-58-62-64(3)60-56-52-48-44-40-36-18-16-14-12-10-8-6-2/h1-2,64-65H/i64T,65T. The molecule has 0 saturated carbocycles. The Labute approximate surface area is 336 Å². The highest BCUT2D eigenvalue weighted by Crippen LogP contribution is 2.25. The Morgan fingerprint density at radius 1 is 0.185 bits per heavy atom. The average Bonchev–Trinajstić information content (AvgIpc) is 3.31. The van der Waals surface area contributed by atoms with Crippen LogP contribution in [0.3, 0.4) is 0 Å². The maximum absolute atomic E-state index is 11.3. The third kappa shape index (κ3) is 58.1. The minimum Gasteiger partial charge on any atom is -0.258 e. The summed E-state index contributed by atoms with van der Waals surface area (Å²) >= 11 is 0. The lowest BCUT2D eigenvalue weighted by Crippen LogP contribution is -2.06. The smallest absolute Gasteiger partial charge is 0.258 e. The van der Waals surface area contributed by atoms with Crippen molar-refractivity contribution in [3.63, 3.8) is 0 Å². The van der Waals surface area contributed by atoms with Gasteiger partial charge in [0, 0.05) is 65.5 Å². The Morgan fingerprint density at radius 2 is 0.277 bits per heavy atom. The van der Waals surface area contributed by atoms with Crippen LogP contribution in [0.5, 0.6) is 0 Å². The first-order valence-electron chi connectivity index (χ1n) is 11.7. The Hall–Kier alpha value is -1.98.